The Balaban J connectivity index is 2.45. The van der Waals surface area contributed by atoms with E-state index < -0.39 is 0 Å². The Hall–Kier alpha value is -1.91. The second-order valence-electron chi connectivity index (χ2n) is 5.48. The maximum Gasteiger partial charge on any atom is 0.192 e. The van der Waals surface area contributed by atoms with Crippen LogP contribution in [0.15, 0.2) is 23.2 Å². The molecule has 1 aromatic carbocycles. The largest absolute Gasteiger partial charge is 0.493 e. The fourth-order valence-electron chi connectivity index (χ4n) is 2.88. The van der Waals surface area contributed by atoms with E-state index in [1.165, 1.54) is 0 Å². The van der Waals surface area contributed by atoms with Gasteiger partial charge in [0.15, 0.2) is 17.5 Å². The lowest BCUT2D eigenvalue weighted by Gasteiger charge is -2.39. The first kappa shape index (κ1) is 14.5. The molecule has 1 heterocycles. The van der Waals surface area contributed by atoms with E-state index in [-0.39, 0.29) is 11.6 Å². The molecule has 5 heteroatoms. The number of benzene rings is 1. The average Bonchev–Trinajstić information content (AvgIpc) is 2.74. The van der Waals surface area contributed by atoms with Crippen LogP contribution in [0.3, 0.4) is 0 Å². The van der Waals surface area contributed by atoms with Crippen LogP contribution < -0.4 is 15.2 Å². The fraction of sp³-hybridized carbons (Fsp3) is 0.533. The number of hydrogen-bond donors (Lipinski definition) is 1. The molecule has 0 radical (unpaired) electrons. The lowest BCUT2D eigenvalue weighted by Crippen LogP contribution is -2.51. The summed E-state index contributed by atoms with van der Waals surface area (Å²) in [4.78, 5) is 6.56. The zero-order valence-corrected chi connectivity index (χ0v) is 12.8. The fourth-order valence-corrected chi connectivity index (χ4v) is 2.88. The van der Waals surface area contributed by atoms with Crippen LogP contribution >= 0.6 is 0 Å². The molecule has 0 amide bonds. The van der Waals surface area contributed by atoms with Gasteiger partial charge in [0, 0.05) is 6.04 Å². The molecule has 0 saturated carbocycles. The molecule has 1 atom stereocenters. The van der Waals surface area contributed by atoms with Gasteiger partial charge in [-0.2, -0.15) is 0 Å². The summed E-state index contributed by atoms with van der Waals surface area (Å²) >= 11 is 0. The molecule has 1 aromatic rings. The van der Waals surface area contributed by atoms with E-state index in [0.717, 1.165) is 17.1 Å². The van der Waals surface area contributed by atoms with E-state index in [1.54, 1.807) is 14.2 Å². The lowest BCUT2D eigenvalue weighted by molar-refractivity contribution is 0.184. The number of ether oxygens (including phenoxy) is 2. The predicted octanol–water partition coefficient (Wildman–Crippen LogP) is 1.96. The summed E-state index contributed by atoms with van der Waals surface area (Å²) in [6.07, 6.45) is 0. The van der Waals surface area contributed by atoms with Gasteiger partial charge in [-0.05, 0) is 38.5 Å². The highest BCUT2D eigenvalue weighted by Crippen LogP contribution is 2.38. The third-order valence-corrected chi connectivity index (χ3v) is 3.85. The predicted molar refractivity (Wildman–Crippen MR) is 80.4 cm³/mol. The minimum Gasteiger partial charge on any atom is -0.493 e. The molecule has 5 nitrogen and oxygen atoms in total. The van der Waals surface area contributed by atoms with Gasteiger partial charge in [0.2, 0.25) is 0 Å². The number of methoxy groups -OCH3 is 2. The lowest BCUT2D eigenvalue weighted by atomic mass is 9.89. The van der Waals surface area contributed by atoms with Crippen LogP contribution in [0, 0.1) is 0 Å². The monoisotopic (exact) mass is 277 g/mol. The Morgan fingerprint density at radius 2 is 1.90 bits per heavy atom. The second kappa shape index (κ2) is 5.23. The maximum atomic E-state index is 6.04. The standard InChI is InChI=1S/C15H23N3O2/c1-10(2)18-14(16)17-9-15(18,3)11-6-7-12(19-4)13(8-11)20-5/h6-8,10H,9H2,1-5H3,(H2,16,17). The smallest absolute Gasteiger partial charge is 0.192 e. The van der Waals surface area contributed by atoms with Crippen molar-refractivity contribution in [2.75, 3.05) is 20.8 Å². The maximum absolute atomic E-state index is 6.04. The van der Waals surface area contributed by atoms with Crippen molar-refractivity contribution >= 4 is 5.96 Å². The van der Waals surface area contributed by atoms with Crippen LogP contribution in [-0.2, 0) is 5.54 Å². The molecular formula is C15H23N3O2. The summed E-state index contributed by atoms with van der Waals surface area (Å²) in [7, 11) is 3.28. The Morgan fingerprint density at radius 1 is 1.25 bits per heavy atom. The second-order valence-corrected chi connectivity index (χ2v) is 5.48. The number of nitrogens with two attached hydrogens (primary N) is 1. The van der Waals surface area contributed by atoms with Crippen molar-refractivity contribution in [1.29, 1.82) is 0 Å². The average molecular weight is 277 g/mol. The molecule has 2 rings (SSSR count). The molecule has 0 aliphatic carbocycles. The summed E-state index contributed by atoms with van der Waals surface area (Å²) in [6.45, 7) is 7.03. The van der Waals surface area contributed by atoms with Crippen LogP contribution in [0.1, 0.15) is 26.3 Å². The van der Waals surface area contributed by atoms with E-state index in [0.29, 0.717) is 12.5 Å². The van der Waals surface area contributed by atoms with Crippen molar-refractivity contribution in [2.45, 2.75) is 32.4 Å². The molecule has 0 fully saturated rings. The highest BCUT2D eigenvalue weighted by atomic mass is 16.5. The zero-order valence-electron chi connectivity index (χ0n) is 12.8. The minimum atomic E-state index is -0.252. The third-order valence-electron chi connectivity index (χ3n) is 3.85. The normalized spacial score (nSPS) is 22.1. The van der Waals surface area contributed by atoms with E-state index >= 15 is 0 Å². The highest BCUT2D eigenvalue weighted by molar-refractivity contribution is 5.81. The van der Waals surface area contributed by atoms with Gasteiger partial charge in [-0.25, -0.2) is 0 Å². The first-order valence-electron chi connectivity index (χ1n) is 6.75. The number of aliphatic imine (C=N–C) groups is 1. The summed E-state index contributed by atoms with van der Waals surface area (Å²) in [5.41, 5.74) is 6.91. The van der Waals surface area contributed by atoms with E-state index in [2.05, 4.69) is 30.7 Å². The van der Waals surface area contributed by atoms with Gasteiger partial charge in [0.1, 0.15) is 0 Å². The van der Waals surface area contributed by atoms with Crippen molar-refractivity contribution in [2.24, 2.45) is 10.7 Å². The molecular weight excluding hydrogens is 254 g/mol. The van der Waals surface area contributed by atoms with Crippen LogP contribution in [0.5, 0.6) is 11.5 Å². The molecule has 1 aliphatic rings. The van der Waals surface area contributed by atoms with Crippen LogP contribution in [0.2, 0.25) is 0 Å². The van der Waals surface area contributed by atoms with Crippen molar-refractivity contribution in [3.05, 3.63) is 23.8 Å². The Bertz CT molecular complexity index is 528. The first-order chi connectivity index (χ1) is 9.43. The van der Waals surface area contributed by atoms with E-state index in [1.807, 2.05) is 18.2 Å². The van der Waals surface area contributed by atoms with Gasteiger partial charge in [0.05, 0.1) is 26.3 Å². The topological polar surface area (TPSA) is 60.1 Å². The minimum absolute atomic E-state index is 0.252. The summed E-state index contributed by atoms with van der Waals surface area (Å²) < 4.78 is 10.7. The molecule has 20 heavy (non-hydrogen) atoms. The third kappa shape index (κ3) is 2.17. The van der Waals surface area contributed by atoms with Crippen LogP contribution in [-0.4, -0.2) is 37.7 Å². The number of nitrogens with zero attached hydrogens (tertiary/aromatic N) is 2. The van der Waals surface area contributed by atoms with Gasteiger partial charge >= 0.3 is 0 Å². The van der Waals surface area contributed by atoms with Gasteiger partial charge in [-0.1, -0.05) is 6.07 Å². The summed E-state index contributed by atoms with van der Waals surface area (Å²) in [5.74, 6) is 2.04. The van der Waals surface area contributed by atoms with Crippen molar-refractivity contribution < 1.29 is 9.47 Å². The Kier molecular flexibility index (Phi) is 3.79. The molecule has 0 saturated heterocycles. The molecule has 2 N–H and O–H groups in total. The molecule has 0 spiro atoms. The molecule has 0 bridgehead atoms. The molecule has 1 unspecified atom stereocenters. The Morgan fingerprint density at radius 3 is 2.45 bits per heavy atom. The van der Waals surface area contributed by atoms with E-state index in [9.17, 15) is 0 Å². The SMILES string of the molecule is COc1ccc(C2(C)CN=C(N)N2C(C)C)cc1OC. The van der Waals surface area contributed by atoms with Gasteiger partial charge in [-0.15, -0.1) is 0 Å². The van der Waals surface area contributed by atoms with Crippen molar-refractivity contribution in [1.82, 2.24) is 4.90 Å². The zero-order chi connectivity index (χ0) is 14.9. The first-order valence-corrected chi connectivity index (χ1v) is 6.75. The molecule has 1 aliphatic heterocycles. The highest BCUT2D eigenvalue weighted by Gasteiger charge is 2.41. The van der Waals surface area contributed by atoms with Gasteiger partial charge in [0.25, 0.3) is 0 Å². The number of hydrogen-bond acceptors (Lipinski definition) is 5. The number of rotatable bonds is 4. The van der Waals surface area contributed by atoms with Crippen molar-refractivity contribution in [3.63, 3.8) is 0 Å². The Labute approximate surface area is 120 Å². The van der Waals surface area contributed by atoms with E-state index in [4.69, 9.17) is 15.2 Å². The molecule has 0 aromatic heterocycles. The summed E-state index contributed by atoms with van der Waals surface area (Å²) in [5, 5.41) is 0. The van der Waals surface area contributed by atoms with Crippen molar-refractivity contribution in [3.8, 4) is 11.5 Å². The quantitative estimate of drug-likeness (QED) is 0.914. The van der Waals surface area contributed by atoms with Gasteiger partial charge < -0.3 is 20.1 Å². The summed E-state index contributed by atoms with van der Waals surface area (Å²) in [6, 6.07) is 6.25. The van der Waals surface area contributed by atoms with Gasteiger partial charge in [-0.3, -0.25) is 4.99 Å². The number of guanidine groups is 1. The van der Waals surface area contributed by atoms with Crippen LogP contribution in [0.25, 0.3) is 0 Å². The molecule has 110 valence electrons. The van der Waals surface area contributed by atoms with Crippen LogP contribution in [0.4, 0.5) is 0 Å².